The minimum atomic E-state index is -0.354. The van der Waals surface area contributed by atoms with Crippen LogP contribution >= 0.6 is 0 Å². The Morgan fingerprint density at radius 3 is 2.36 bits per heavy atom. The molecule has 2 aliphatic rings. The van der Waals surface area contributed by atoms with E-state index < -0.39 is 0 Å². The van der Waals surface area contributed by atoms with Gasteiger partial charge in [0.15, 0.2) is 11.5 Å². The molecule has 0 bridgehead atoms. The van der Waals surface area contributed by atoms with E-state index in [9.17, 15) is 9.59 Å². The first-order valence-electron chi connectivity index (χ1n) is 14.4. The lowest BCUT2D eigenvalue weighted by Gasteiger charge is -2.33. The highest BCUT2D eigenvalue weighted by Crippen LogP contribution is 2.32. The highest BCUT2D eigenvalue weighted by atomic mass is 16.5. The molecule has 4 aromatic rings. The van der Waals surface area contributed by atoms with Gasteiger partial charge in [-0.25, -0.2) is 19.4 Å². The Kier molecular flexibility index (Phi) is 7.95. The zero-order chi connectivity index (χ0) is 29.1. The third kappa shape index (κ3) is 5.89. The Hall–Kier alpha value is -4.58. The number of carbonyl (C=O) groups excluding carboxylic acids is 2. The van der Waals surface area contributed by atoms with Crippen molar-refractivity contribution >= 4 is 40.2 Å². The summed E-state index contributed by atoms with van der Waals surface area (Å²) in [5.74, 6) is 1.63. The molecule has 0 saturated carbocycles. The van der Waals surface area contributed by atoms with Crippen molar-refractivity contribution in [2.24, 2.45) is 5.92 Å². The number of amides is 3. The predicted octanol–water partition coefficient (Wildman–Crippen LogP) is 4.19. The molecule has 2 saturated heterocycles. The number of likely N-dealkylation sites (tertiary alicyclic amines) is 1. The predicted molar refractivity (Wildman–Crippen MR) is 160 cm³/mol. The summed E-state index contributed by atoms with van der Waals surface area (Å²) < 4.78 is 7.61. The van der Waals surface area contributed by atoms with E-state index in [0.29, 0.717) is 43.5 Å². The number of hydrogen-bond donors (Lipinski definition) is 2. The van der Waals surface area contributed by atoms with Crippen LogP contribution in [0.4, 0.5) is 22.0 Å². The highest BCUT2D eigenvalue weighted by molar-refractivity contribution is 5.99. The third-order valence-corrected chi connectivity index (χ3v) is 7.68. The number of pyridine rings is 1. The molecule has 2 fully saturated rings. The van der Waals surface area contributed by atoms with Gasteiger partial charge in [0, 0.05) is 49.5 Å². The van der Waals surface area contributed by atoms with E-state index in [1.165, 1.54) is 0 Å². The van der Waals surface area contributed by atoms with E-state index >= 15 is 0 Å². The van der Waals surface area contributed by atoms with Crippen molar-refractivity contribution in [1.29, 1.82) is 0 Å². The average molecular weight is 570 g/mol. The number of nitrogens with zero attached hydrogens (tertiary/aromatic N) is 7. The molecule has 12 nitrogen and oxygen atoms in total. The molecule has 2 N–H and O–H groups in total. The van der Waals surface area contributed by atoms with Crippen LogP contribution in [0.5, 0.6) is 0 Å². The topological polar surface area (TPSA) is 130 Å². The molecule has 3 amide bonds. The molecule has 6 rings (SSSR count). The summed E-state index contributed by atoms with van der Waals surface area (Å²) in [6.07, 6.45) is 6.74. The van der Waals surface area contributed by atoms with Gasteiger partial charge < -0.3 is 25.2 Å². The largest absolute Gasteiger partial charge is 0.378 e. The standard InChI is InChI=1S/C30H35N9O3/c1-20(2)29(40)38-12-9-24(10-13-38)39-28-25(19-32-39)27(37-14-16-42-17-15-37)35-26(36-28)21-5-7-22(8-6-21)33-30(41)34-23-4-3-11-31-18-23/h3-8,11,18-20,24H,9-10,12-17H2,1-2H3,(H2,33,34,41). The van der Waals surface area contributed by atoms with Gasteiger partial charge in [-0.15, -0.1) is 0 Å². The fourth-order valence-electron chi connectivity index (χ4n) is 5.45. The Balaban J connectivity index is 1.27. The first-order valence-corrected chi connectivity index (χ1v) is 14.4. The van der Waals surface area contributed by atoms with Crippen LogP contribution in [0.3, 0.4) is 0 Å². The maximum absolute atomic E-state index is 12.5. The highest BCUT2D eigenvalue weighted by Gasteiger charge is 2.28. The lowest BCUT2D eigenvalue weighted by Crippen LogP contribution is -2.41. The number of morpholine rings is 1. The molecule has 5 heterocycles. The Bertz CT molecular complexity index is 1540. The van der Waals surface area contributed by atoms with Crippen LogP contribution < -0.4 is 15.5 Å². The average Bonchev–Trinajstić information content (AvgIpc) is 3.45. The van der Waals surface area contributed by atoms with Crippen molar-refractivity contribution < 1.29 is 14.3 Å². The fourth-order valence-corrected chi connectivity index (χ4v) is 5.45. The van der Waals surface area contributed by atoms with Gasteiger partial charge in [-0.05, 0) is 49.2 Å². The quantitative estimate of drug-likeness (QED) is 0.354. The lowest BCUT2D eigenvalue weighted by atomic mass is 10.0. The number of benzene rings is 1. The third-order valence-electron chi connectivity index (χ3n) is 7.68. The van der Waals surface area contributed by atoms with Gasteiger partial charge in [0.25, 0.3) is 0 Å². The molecule has 0 spiro atoms. The molecular weight excluding hydrogens is 534 g/mol. The molecule has 2 aliphatic heterocycles. The van der Waals surface area contributed by atoms with E-state index in [2.05, 4.69) is 20.5 Å². The van der Waals surface area contributed by atoms with Gasteiger partial charge in [0.05, 0.1) is 42.7 Å². The molecule has 0 unspecified atom stereocenters. The van der Waals surface area contributed by atoms with Gasteiger partial charge in [-0.2, -0.15) is 5.10 Å². The summed E-state index contributed by atoms with van der Waals surface area (Å²) in [5.41, 5.74) is 2.86. The number of nitrogens with one attached hydrogen (secondary N) is 2. The smallest absolute Gasteiger partial charge is 0.323 e. The second-order valence-electron chi connectivity index (χ2n) is 10.9. The summed E-state index contributed by atoms with van der Waals surface area (Å²) in [5, 5.41) is 11.3. The summed E-state index contributed by atoms with van der Waals surface area (Å²) in [7, 11) is 0. The van der Waals surface area contributed by atoms with Crippen molar-refractivity contribution in [1.82, 2.24) is 29.6 Å². The number of ether oxygens (including phenoxy) is 1. The molecular formula is C30H35N9O3. The van der Waals surface area contributed by atoms with Gasteiger partial charge >= 0.3 is 6.03 Å². The second kappa shape index (κ2) is 12.1. The molecule has 0 radical (unpaired) electrons. The molecule has 218 valence electrons. The number of anilines is 3. The van der Waals surface area contributed by atoms with Crippen molar-refractivity contribution in [2.75, 3.05) is 54.9 Å². The van der Waals surface area contributed by atoms with Crippen molar-refractivity contribution in [2.45, 2.75) is 32.7 Å². The van der Waals surface area contributed by atoms with Crippen LogP contribution in [0.2, 0.25) is 0 Å². The summed E-state index contributed by atoms with van der Waals surface area (Å²) in [6, 6.07) is 10.8. The van der Waals surface area contributed by atoms with Crippen LogP contribution in [0.15, 0.2) is 55.0 Å². The molecule has 42 heavy (non-hydrogen) atoms. The summed E-state index contributed by atoms with van der Waals surface area (Å²) in [4.78, 5) is 43.2. The van der Waals surface area contributed by atoms with Gasteiger partial charge in [-0.3, -0.25) is 9.78 Å². The number of piperidine rings is 1. The monoisotopic (exact) mass is 569 g/mol. The maximum atomic E-state index is 12.5. The number of fused-ring (bicyclic) bond motifs is 1. The van der Waals surface area contributed by atoms with Crippen LogP contribution in [0, 0.1) is 5.92 Å². The van der Waals surface area contributed by atoms with Gasteiger partial charge in [0.2, 0.25) is 5.91 Å². The zero-order valence-corrected chi connectivity index (χ0v) is 23.9. The van der Waals surface area contributed by atoms with Crippen LogP contribution in [-0.2, 0) is 9.53 Å². The molecule has 1 aromatic carbocycles. The lowest BCUT2D eigenvalue weighted by molar-refractivity contribution is -0.135. The fraction of sp³-hybridized carbons (Fsp3) is 0.400. The number of hydrogen-bond acceptors (Lipinski definition) is 8. The van der Waals surface area contributed by atoms with E-state index in [1.807, 2.05) is 53.9 Å². The van der Waals surface area contributed by atoms with Crippen molar-refractivity contribution in [3.8, 4) is 11.4 Å². The van der Waals surface area contributed by atoms with Crippen LogP contribution in [-0.4, -0.2) is 81.0 Å². The molecule has 12 heteroatoms. The van der Waals surface area contributed by atoms with E-state index in [1.54, 1.807) is 24.5 Å². The van der Waals surface area contributed by atoms with Gasteiger partial charge in [-0.1, -0.05) is 13.8 Å². The summed E-state index contributed by atoms with van der Waals surface area (Å²) in [6.45, 7) is 8.06. The number of aromatic nitrogens is 5. The zero-order valence-electron chi connectivity index (χ0n) is 23.9. The van der Waals surface area contributed by atoms with E-state index in [4.69, 9.17) is 19.8 Å². The molecule has 3 aromatic heterocycles. The number of urea groups is 1. The van der Waals surface area contributed by atoms with Crippen molar-refractivity contribution in [3.05, 3.63) is 55.0 Å². The first-order chi connectivity index (χ1) is 20.5. The Morgan fingerprint density at radius 2 is 1.67 bits per heavy atom. The second-order valence-corrected chi connectivity index (χ2v) is 10.9. The minimum Gasteiger partial charge on any atom is -0.378 e. The maximum Gasteiger partial charge on any atom is 0.323 e. The Morgan fingerprint density at radius 1 is 0.929 bits per heavy atom. The number of carbonyl (C=O) groups is 2. The normalized spacial score (nSPS) is 16.2. The van der Waals surface area contributed by atoms with Crippen LogP contribution in [0.1, 0.15) is 32.7 Å². The van der Waals surface area contributed by atoms with Gasteiger partial charge in [0.1, 0.15) is 5.82 Å². The first kappa shape index (κ1) is 27.6. The minimum absolute atomic E-state index is 0.00408. The van der Waals surface area contributed by atoms with E-state index in [0.717, 1.165) is 48.3 Å². The molecule has 0 atom stereocenters. The van der Waals surface area contributed by atoms with Crippen molar-refractivity contribution in [3.63, 3.8) is 0 Å². The SMILES string of the molecule is CC(C)C(=O)N1CCC(n2ncc3c(N4CCOCC4)nc(-c4ccc(NC(=O)Nc5cccnc5)cc4)nc32)CC1. The Labute approximate surface area is 244 Å². The van der Waals surface area contributed by atoms with Crippen LogP contribution in [0.25, 0.3) is 22.4 Å². The van der Waals surface area contributed by atoms with E-state index in [-0.39, 0.29) is 23.9 Å². The number of rotatable bonds is 6. The summed E-state index contributed by atoms with van der Waals surface area (Å²) >= 11 is 0. The molecule has 0 aliphatic carbocycles.